The summed E-state index contributed by atoms with van der Waals surface area (Å²) in [7, 11) is -3.88. The first kappa shape index (κ1) is 27.1. The van der Waals surface area contributed by atoms with Crippen molar-refractivity contribution >= 4 is 10.0 Å². The predicted molar refractivity (Wildman–Crippen MR) is 129 cm³/mol. The summed E-state index contributed by atoms with van der Waals surface area (Å²) in [6.07, 6.45) is 2.36. The summed E-state index contributed by atoms with van der Waals surface area (Å²) < 4.78 is 30.6. The Morgan fingerprint density at radius 2 is 1.65 bits per heavy atom. The molecule has 0 bridgehead atoms. The van der Waals surface area contributed by atoms with Crippen LogP contribution < -0.4 is 20.9 Å². The maximum absolute atomic E-state index is 12.3. The number of unbranched alkanes of at least 4 members (excludes halogenated alkanes) is 1. The summed E-state index contributed by atoms with van der Waals surface area (Å²) in [5.74, 6) is 0.597. The third-order valence-electron chi connectivity index (χ3n) is 4.23. The van der Waals surface area contributed by atoms with Crippen LogP contribution in [-0.4, -0.2) is 27.1 Å². The Kier molecular flexibility index (Phi) is 11.8. The lowest BCUT2D eigenvalue weighted by molar-refractivity contribution is 0.305. The second-order valence-corrected chi connectivity index (χ2v) is 9.79. The number of benzene rings is 2. The van der Waals surface area contributed by atoms with Gasteiger partial charge < -0.3 is 15.8 Å². The monoisotopic (exact) mass is 449 g/mol. The molecule has 2 aromatic rings. The number of ether oxygens (including phenoxy) is 1. The van der Waals surface area contributed by atoms with E-state index in [9.17, 15) is 8.42 Å². The van der Waals surface area contributed by atoms with Crippen LogP contribution in [0.25, 0.3) is 0 Å². The van der Waals surface area contributed by atoms with Gasteiger partial charge in [0.25, 0.3) is 0 Å². The molecule has 0 aliphatic rings. The minimum Gasteiger partial charge on any atom is -0.493 e. The van der Waals surface area contributed by atoms with Gasteiger partial charge in [-0.25, -0.2) is 13.6 Å². The van der Waals surface area contributed by atoms with E-state index in [1.807, 2.05) is 64.1 Å². The second kappa shape index (κ2) is 13.5. The maximum Gasteiger partial charge on any atom is 0.238 e. The molecule has 31 heavy (non-hydrogen) atoms. The zero-order chi connectivity index (χ0) is 23.4. The topological polar surface area (TPSA) is 107 Å². The van der Waals surface area contributed by atoms with E-state index in [1.54, 1.807) is 6.07 Å². The Balaban J connectivity index is 0.00000110. The van der Waals surface area contributed by atoms with Gasteiger partial charge in [-0.3, -0.25) is 0 Å². The number of nitrogens with one attached hydrogen (secondary N) is 1. The number of hydrogen-bond acceptors (Lipinski definition) is 5. The van der Waals surface area contributed by atoms with Crippen LogP contribution in [-0.2, 0) is 23.0 Å². The molecule has 0 aromatic heterocycles. The van der Waals surface area contributed by atoms with Crippen molar-refractivity contribution in [1.29, 1.82) is 0 Å². The summed E-state index contributed by atoms with van der Waals surface area (Å²) in [6.45, 7) is 11.2. The van der Waals surface area contributed by atoms with Crippen LogP contribution >= 0.6 is 0 Å². The SMILES string of the molecule is CC(C)N.CCCCOc1cc(CNC(C)C)cc(S(N)(=O)=O)c1Cc1ccccc1. The average Bonchev–Trinajstić information content (AvgIpc) is 2.67. The minimum atomic E-state index is -3.88. The van der Waals surface area contributed by atoms with Gasteiger partial charge in [0.2, 0.25) is 10.0 Å². The van der Waals surface area contributed by atoms with Crippen molar-refractivity contribution in [1.82, 2.24) is 5.32 Å². The molecule has 0 amide bonds. The van der Waals surface area contributed by atoms with Gasteiger partial charge in [-0.1, -0.05) is 71.4 Å². The molecular formula is C24H39N3O3S. The molecule has 0 fully saturated rings. The predicted octanol–water partition coefficient (Wildman–Crippen LogP) is 3.96. The molecule has 6 nitrogen and oxygen atoms in total. The number of rotatable bonds is 10. The number of primary sulfonamides is 1. The largest absolute Gasteiger partial charge is 0.493 e. The molecule has 2 rings (SSSR count). The summed E-state index contributed by atoms with van der Waals surface area (Å²) in [4.78, 5) is 0.140. The summed E-state index contributed by atoms with van der Waals surface area (Å²) >= 11 is 0. The standard InChI is InChI=1S/C21H30N2O3S.C3H9N/c1-4-5-11-26-20-13-18(15-23-16(2)3)14-21(27(22,24)25)19(20)12-17-9-7-6-8-10-17;1-3(2)4/h6-10,13-14,16,23H,4-5,11-12,15H2,1-3H3,(H2,22,24,25);3H,4H2,1-2H3. The van der Waals surface area contributed by atoms with Crippen molar-refractivity contribution in [2.24, 2.45) is 10.9 Å². The van der Waals surface area contributed by atoms with E-state index in [-0.39, 0.29) is 10.9 Å². The third-order valence-corrected chi connectivity index (χ3v) is 5.21. The van der Waals surface area contributed by atoms with Crippen LogP contribution in [0, 0.1) is 0 Å². The highest BCUT2D eigenvalue weighted by molar-refractivity contribution is 7.89. The molecule has 2 aromatic carbocycles. The van der Waals surface area contributed by atoms with Gasteiger partial charge in [0.1, 0.15) is 5.75 Å². The van der Waals surface area contributed by atoms with Crippen molar-refractivity contribution in [2.75, 3.05) is 6.61 Å². The van der Waals surface area contributed by atoms with Crippen LogP contribution in [0.3, 0.4) is 0 Å². The Hall–Kier alpha value is -1.93. The van der Waals surface area contributed by atoms with E-state index in [2.05, 4.69) is 12.2 Å². The molecular weight excluding hydrogens is 410 g/mol. The van der Waals surface area contributed by atoms with Crippen molar-refractivity contribution in [3.63, 3.8) is 0 Å². The van der Waals surface area contributed by atoms with Gasteiger partial charge in [-0.2, -0.15) is 0 Å². The summed E-state index contributed by atoms with van der Waals surface area (Å²) in [5, 5.41) is 8.87. The van der Waals surface area contributed by atoms with Crippen LogP contribution in [0.5, 0.6) is 5.75 Å². The lowest BCUT2D eigenvalue weighted by Crippen LogP contribution is -2.23. The van der Waals surface area contributed by atoms with E-state index in [0.717, 1.165) is 24.0 Å². The second-order valence-electron chi connectivity index (χ2n) is 8.26. The third kappa shape index (κ3) is 10.8. The minimum absolute atomic E-state index is 0.140. The maximum atomic E-state index is 12.3. The molecule has 0 saturated carbocycles. The molecule has 0 aliphatic carbocycles. The highest BCUT2D eigenvalue weighted by Crippen LogP contribution is 2.30. The molecule has 7 heteroatoms. The average molecular weight is 450 g/mol. The Morgan fingerprint density at radius 3 is 2.16 bits per heavy atom. The van der Waals surface area contributed by atoms with Crippen LogP contribution in [0.4, 0.5) is 0 Å². The van der Waals surface area contributed by atoms with Crippen molar-refractivity contribution in [3.8, 4) is 5.75 Å². The van der Waals surface area contributed by atoms with E-state index in [1.165, 1.54) is 0 Å². The van der Waals surface area contributed by atoms with Gasteiger partial charge >= 0.3 is 0 Å². The van der Waals surface area contributed by atoms with E-state index >= 15 is 0 Å². The Labute approximate surface area is 188 Å². The van der Waals surface area contributed by atoms with Gasteiger partial charge in [0.05, 0.1) is 11.5 Å². The highest BCUT2D eigenvalue weighted by atomic mass is 32.2. The first-order valence-electron chi connectivity index (χ1n) is 10.9. The molecule has 0 aliphatic heterocycles. The quantitative estimate of drug-likeness (QED) is 0.476. The lowest BCUT2D eigenvalue weighted by Gasteiger charge is -2.18. The summed E-state index contributed by atoms with van der Waals surface area (Å²) in [5.41, 5.74) is 7.58. The molecule has 0 spiro atoms. The summed E-state index contributed by atoms with van der Waals surface area (Å²) in [6, 6.07) is 14.0. The van der Waals surface area contributed by atoms with Crippen molar-refractivity contribution < 1.29 is 13.2 Å². The fourth-order valence-corrected chi connectivity index (χ4v) is 3.61. The van der Waals surface area contributed by atoms with Gasteiger partial charge in [-0.05, 0) is 35.7 Å². The Bertz CT molecular complexity index is 880. The van der Waals surface area contributed by atoms with Gasteiger partial charge in [0, 0.05) is 24.6 Å². The van der Waals surface area contributed by atoms with Crippen LogP contribution in [0.15, 0.2) is 47.4 Å². The van der Waals surface area contributed by atoms with Crippen LogP contribution in [0.2, 0.25) is 0 Å². The van der Waals surface area contributed by atoms with Gasteiger partial charge in [0.15, 0.2) is 0 Å². The van der Waals surface area contributed by atoms with E-state index in [4.69, 9.17) is 15.6 Å². The fraction of sp³-hybridized carbons (Fsp3) is 0.500. The first-order valence-corrected chi connectivity index (χ1v) is 12.4. The highest BCUT2D eigenvalue weighted by Gasteiger charge is 2.20. The van der Waals surface area contributed by atoms with Crippen molar-refractivity contribution in [3.05, 3.63) is 59.2 Å². The number of hydrogen-bond donors (Lipinski definition) is 3. The van der Waals surface area contributed by atoms with E-state index < -0.39 is 10.0 Å². The zero-order valence-electron chi connectivity index (χ0n) is 19.5. The van der Waals surface area contributed by atoms with E-state index in [0.29, 0.717) is 36.9 Å². The number of nitrogens with two attached hydrogens (primary N) is 2. The fourth-order valence-electron chi connectivity index (χ4n) is 2.78. The lowest BCUT2D eigenvalue weighted by atomic mass is 10.0. The molecule has 0 unspecified atom stereocenters. The van der Waals surface area contributed by atoms with Gasteiger partial charge in [-0.15, -0.1) is 0 Å². The molecule has 174 valence electrons. The molecule has 5 N–H and O–H groups in total. The zero-order valence-corrected chi connectivity index (χ0v) is 20.3. The molecule has 0 radical (unpaired) electrons. The van der Waals surface area contributed by atoms with Crippen LogP contribution in [0.1, 0.15) is 64.2 Å². The first-order chi connectivity index (χ1) is 14.5. The van der Waals surface area contributed by atoms with Crippen molar-refractivity contribution in [2.45, 2.75) is 77.4 Å². The molecule has 0 saturated heterocycles. The normalized spacial score (nSPS) is 11.4. The smallest absolute Gasteiger partial charge is 0.238 e. The number of sulfonamides is 1. The molecule has 0 heterocycles. The Morgan fingerprint density at radius 1 is 1.03 bits per heavy atom. The molecule has 0 atom stereocenters.